The highest BCUT2D eigenvalue weighted by molar-refractivity contribution is 6.04. The van der Waals surface area contributed by atoms with Crippen molar-refractivity contribution in [2.24, 2.45) is 5.73 Å². The zero-order valence-corrected chi connectivity index (χ0v) is 10.4. The molecule has 2 aromatic heterocycles. The summed E-state index contributed by atoms with van der Waals surface area (Å²) < 4.78 is 13.4. The van der Waals surface area contributed by atoms with Crippen LogP contribution in [0.2, 0.25) is 0 Å². The Morgan fingerprint density at radius 3 is 3.00 bits per heavy atom. The summed E-state index contributed by atoms with van der Waals surface area (Å²) in [5.41, 5.74) is 5.88. The summed E-state index contributed by atoms with van der Waals surface area (Å²) in [6, 6.07) is 4.67. The van der Waals surface area contributed by atoms with Crippen molar-refractivity contribution < 1.29 is 9.18 Å². The van der Waals surface area contributed by atoms with E-state index >= 15 is 0 Å². The molecule has 0 atom stereocenters. The van der Waals surface area contributed by atoms with E-state index in [0.29, 0.717) is 5.56 Å². The Bertz CT molecular complexity index is 691. The molecule has 2 rings (SSSR count). The van der Waals surface area contributed by atoms with Crippen molar-refractivity contribution in [3.05, 3.63) is 53.9 Å². The third-order valence-corrected chi connectivity index (χ3v) is 2.37. The number of aromatic nitrogens is 2. The minimum Gasteiger partial charge on any atom is -0.320 e. The van der Waals surface area contributed by atoms with Crippen LogP contribution < -0.4 is 11.1 Å². The summed E-state index contributed by atoms with van der Waals surface area (Å²) in [6.45, 7) is 0.176. The van der Waals surface area contributed by atoms with Crippen molar-refractivity contribution >= 4 is 11.6 Å². The predicted molar refractivity (Wildman–Crippen MR) is 72.3 cm³/mol. The summed E-state index contributed by atoms with van der Waals surface area (Å²) in [5.74, 6) is 4.24. The van der Waals surface area contributed by atoms with E-state index in [0.717, 1.165) is 6.20 Å². The molecule has 6 heteroatoms. The second kappa shape index (κ2) is 6.41. The van der Waals surface area contributed by atoms with Crippen molar-refractivity contribution in [3.63, 3.8) is 0 Å². The van der Waals surface area contributed by atoms with Crippen LogP contribution in [0.3, 0.4) is 0 Å². The van der Waals surface area contributed by atoms with Crippen molar-refractivity contribution in [1.82, 2.24) is 9.97 Å². The van der Waals surface area contributed by atoms with Gasteiger partial charge in [0.05, 0.1) is 24.0 Å². The molecule has 0 aromatic carbocycles. The first kappa shape index (κ1) is 13.6. The molecular formula is C14H11FN4O. The Balaban J connectivity index is 2.28. The summed E-state index contributed by atoms with van der Waals surface area (Å²) in [5, 5.41) is 2.43. The fourth-order valence-corrected chi connectivity index (χ4v) is 1.49. The van der Waals surface area contributed by atoms with Gasteiger partial charge in [0.15, 0.2) is 5.82 Å². The third-order valence-electron chi connectivity index (χ3n) is 2.37. The number of nitrogens with two attached hydrogens (primary N) is 1. The lowest BCUT2D eigenvalue weighted by Gasteiger charge is -2.06. The van der Waals surface area contributed by atoms with Crippen LogP contribution >= 0.6 is 0 Å². The number of nitrogens with one attached hydrogen (secondary N) is 1. The Kier molecular flexibility index (Phi) is 4.37. The normalized spacial score (nSPS) is 9.50. The topological polar surface area (TPSA) is 80.9 Å². The van der Waals surface area contributed by atoms with E-state index in [2.05, 4.69) is 27.1 Å². The van der Waals surface area contributed by atoms with Gasteiger partial charge >= 0.3 is 0 Å². The number of amides is 1. The predicted octanol–water partition coefficient (Wildman–Crippen LogP) is 1.18. The molecule has 0 fully saturated rings. The number of pyridine rings is 2. The molecule has 3 N–H and O–H groups in total. The molecule has 0 saturated heterocycles. The number of carbonyl (C=O) groups is 1. The van der Waals surface area contributed by atoms with Gasteiger partial charge in [-0.05, 0) is 18.2 Å². The van der Waals surface area contributed by atoms with E-state index in [1.165, 1.54) is 18.5 Å². The van der Waals surface area contributed by atoms with Gasteiger partial charge in [-0.25, -0.2) is 9.37 Å². The molecule has 0 spiro atoms. The average Bonchev–Trinajstić information content (AvgIpc) is 2.47. The summed E-state index contributed by atoms with van der Waals surface area (Å²) >= 11 is 0. The largest absolute Gasteiger partial charge is 0.320 e. The number of rotatable bonds is 2. The van der Waals surface area contributed by atoms with Gasteiger partial charge in [-0.1, -0.05) is 11.8 Å². The van der Waals surface area contributed by atoms with Crippen LogP contribution in [0, 0.1) is 17.7 Å². The number of nitrogens with zero attached hydrogens (tertiary/aromatic N) is 2. The van der Waals surface area contributed by atoms with Crippen LogP contribution in [0.1, 0.15) is 16.1 Å². The fraction of sp³-hybridized carbons (Fsp3) is 0.0714. The van der Waals surface area contributed by atoms with Gasteiger partial charge in [-0.3, -0.25) is 9.78 Å². The van der Waals surface area contributed by atoms with Crippen LogP contribution in [-0.4, -0.2) is 22.4 Å². The average molecular weight is 270 g/mol. The van der Waals surface area contributed by atoms with E-state index in [1.807, 2.05) is 0 Å². The van der Waals surface area contributed by atoms with Crippen molar-refractivity contribution in [1.29, 1.82) is 0 Å². The maximum atomic E-state index is 13.4. The molecule has 0 aliphatic heterocycles. The molecular weight excluding hydrogens is 259 g/mol. The molecule has 20 heavy (non-hydrogen) atoms. The smallest absolute Gasteiger partial charge is 0.275 e. The maximum Gasteiger partial charge on any atom is 0.275 e. The maximum absolute atomic E-state index is 13.4. The van der Waals surface area contributed by atoms with E-state index in [1.54, 1.807) is 12.1 Å². The highest BCUT2D eigenvalue weighted by atomic mass is 19.1. The number of carbonyl (C=O) groups excluding carboxylic acids is 1. The van der Waals surface area contributed by atoms with Crippen molar-refractivity contribution in [2.45, 2.75) is 0 Å². The van der Waals surface area contributed by atoms with E-state index in [4.69, 9.17) is 5.73 Å². The lowest BCUT2D eigenvalue weighted by Crippen LogP contribution is -2.16. The summed E-state index contributed by atoms with van der Waals surface area (Å²) in [7, 11) is 0. The van der Waals surface area contributed by atoms with E-state index < -0.39 is 11.7 Å². The highest BCUT2D eigenvalue weighted by Crippen LogP contribution is 2.13. The fourth-order valence-electron chi connectivity index (χ4n) is 1.49. The van der Waals surface area contributed by atoms with Crippen LogP contribution in [0.4, 0.5) is 10.1 Å². The van der Waals surface area contributed by atoms with E-state index in [9.17, 15) is 9.18 Å². The quantitative estimate of drug-likeness (QED) is 0.803. The van der Waals surface area contributed by atoms with Gasteiger partial charge < -0.3 is 11.1 Å². The molecule has 0 bridgehead atoms. The van der Waals surface area contributed by atoms with Gasteiger partial charge in [0, 0.05) is 12.4 Å². The second-order valence-corrected chi connectivity index (χ2v) is 3.72. The molecule has 5 nitrogen and oxygen atoms in total. The zero-order valence-electron chi connectivity index (χ0n) is 10.4. The molecule has 0 aliphatic carbocycles. The standard InChI is InChI=1S/C14H11FN4O/c15-11-9-17-8-5-12(11)19-14(20)13-10(3-1-6-16)4-2-7-18-13/h2,4-5,7-9H,6,16H2,(H,17,19,20). The Morgan fingerprint density at radius 2 is 2.25 bits per heavy atom. The number of anilines is 1. The molecule has 100 valence electrons. The zero-order chi connectivity index (χ0) is 14.4. The van der Waals surface area contributed by atoms with Crippen LogP contribution in [-0.2, 0) is 0 Å². The summed E-state index contributed by atoms with van der Waals surface area (Å²) in [4.78, 5) is 19.7. The van der Waals surface area contributed by atoms with Crippen LogP contribution in [0.5, 0.6) is 0 Å². The number of hydrogen-bond donors (Lipinski definition) is 2. The number of hydrogen-bond acceptors (Lipinski definition) is 4. The second-order valence-electron chi connectivity index (χ2n) is 3.72. The molecule has 0 radical (unpaired) electrons. The number of halogens is 1. The molecule has 0 saturated carbocycles. The summed E-state index contributed by atoms with van der Waals surface area (Å²) in [6.07, 6.45) is 3.86. The lowest BCUT2D eigenvalue weighted by atomic mass is 10.2. The monoisotopic (exact) mass is 270 g/mol. The van der Waals surface area contributed by atoms with Crippen LogP contribution in [0.15, 0.2) is 36.8 Å². The van der Waals surface area contributed by atoms with Gasteiger partial charge in [-0.2, -0.15) is 0 Å². The molecule has 0 aliphatic rings. The molecule has 0 unspecified atom stereocenters. The van der Waals surface area contributed by atoms with Crippen molar-refractivity contribution in [2.75, 3.05) is 11.9 Å². The van der Waals surface area contributed by atoms with E-state index in [-0.39, 0.29) is 17.9 Å². The first-order chi connectivity index (χ1) is 9.72. The third kappa shape index (κ3) is 3.16. The Morgan fingerprint density at radius 1 is 1.40 bits per heavy atom. The molecule has 1 amide bonds. The van der Waals surface area contributed by atoms with Gasteiger partial charge in [0.2, 0.25) is 0 Å². The SMILES string of the molecule is NCC#Cc1cccnc1C(=O)Nc1ccncc1F. The van der Waals surface area contributed by atoms with Gasteiger partial charge in [0.1, 0.15) is 5.69 Å². The minimum atomic E-state index is -0.619. The van der Waals surface area contributed by atoms with Gasteiger partial charge in [-0.15, -0.1) is 0 Å². The van der Waals surface area contributed by atoms with Crippen molar-refractivity contribution in [3.8, 4) is 11.8 Å². The van der Waals surface area contributed by atoms with Gasteiger partial charge in [0.25, 0.3) is 5.91 Å². The molecule has 2 aromatic rings. The lowest BCUT2D eigenvalue weighted by molar-refractivity contribution is 0.102. The minimum absolute atomic E-state index is 0.0355. The first-order valence-electron chi connectivity index (χ1n) is 5.77. The Hall–Kier alpha value is -2.78. The Labute approximate surface area is 115 Å². The highest BCUT2D eigenvalue weighted by Gasteiger charge is 2.13. The van der Waals surface area contributed by atoms with Crippen LogP contribution in [0.25, 0.3) is 0 Å². The molecule has 2 heterocycles. The first-order valence-corrected chi connectivity index (χ1v) is 5.77.